The van der Waals surface area contributed by atoms with Crippen molar-refractivity contribution in [2.45, 2.75) is 6.54 Å². The summed E-state index contributed by atoms with van der Waals surface area (Å²) in [4.78, 5) is 27.0. The molecule has 3 aromatic carbocycles. The fourth-order valence-electron chi connectivity index (χ4n) is 2.90. The van der Waals surface area contributed by atoms with Gasteiger partial charge in [-0.15, -0.1) is 0 Å². The number of halogens is 3. The molecule has 5 nitrogen and oxygen atoms in total. The fourth-order valence-corrected chi connectivity index (χ4v) is 4.27. The molecule has 0 unspecified atom stereocenters. The molecule has 1 N–H and O–H groups in total. The molecule has 160 valence electrons. The Morgan fingerprint density at radius 1 is 1.03 bits per heavy atom. The lowest BCUT2D eigenvalue weighted by molar-refractivity contribution is -0.118. The van der Waals surface area contributed by atoms with Crippen molar-refractivity contribution in [1.29, 1.82) is 0 Å². The first kappa shape index (κ1) is 23.1. The van der Waals surface area contributed by atoms with E-state index in [1.807, 2.05) is 30.3 Å². The maximum atomic E-state index is 13.0. The molecule has 3 rings (SSSR count). The second-order valence-electron chi connectivity index (χ2n) is 6.73. The highest BCUT2D eigenvalue weighted by atomic mass is 79.9. The molecule has 0 heterocycles. The van der Waals surface area contributed by atoms with Gasteiger partial charge < -0.3 is 15.0 Å². The topological polar surface area (TPSA) is 58.6 Å². The zero-order valence-corrected chi connectivity index (χ0v) is 19.7. The third kappa shape index (κ3) is 6.23. The van der Waals surface area contributed by atoms with Gasteiger partial charge in [0.25, 0.3) is 11.8 Å². The summed E-state index contributed by atoms with van der Waals surface area (Å²) in [7, 11) is 1.72. The molecular formula is C23H19BrCl2N2O3. The number of amides is 2. The highest BCUT2D eigenvalue weighted by molar-refractivity contribution is 9.10. The summed E-state index contributed by atoms with van der Waals surface area (Å²) in [5, 5.41) is 3.46. The van der Waals surface area contributed by atoms with Crippen molar-refractivity contribution >= 4 is 56.6 Å². The van der Waals surface area contributed by atoms with Crippen LogP contribution in [0, 0.1) is 0 Å². The molecule has 8 heteroatoms. The Kier molecular flexibility index (Phi) is 7.96. The fraction of sp³-hybridized carbons (Fsp3) is 0.130. The van der Waals surface area contributed by atoms with Crippen molar-refractivity contribution in [3.63, 3.8) is 0 Å². The summed E-state index contributed by atoms with van der Waals surface area (Å²) >= 11 is 15.4. The van der Waals surface area contributed by atoms with Crippen LogP contribution in [0.25, 0.3) is 0 Å². The quantitative estimate of drug-likeness (QED) is 0.412. The van der Waals surface area contributed by atoms with Gasteiger partial charge in [-0.2, -0.15) is 0 Å². The number of hydrogen-bond donors (Lipinski definition) is 1. The monoisotopic (exact) mass is 520 g/mol. The number of para-hydroxylation sites is 1. The first-order valence-electron chi connectivity index (χ1n) is 9.30. The van der Waals surface area contributed by atoms with Gasteiger partial charge in [-0.1, -0.05) is 65.7 Å². The Balaban J connectivity index is 1.67. The van der Waals surface area contributed by atoms with Crippen molar-refractivity contribution in [2.75, 3.05) is 19.0 Å². The van der Waals surface area contributed by atoms with Crippen LogP contribution < -0.4 is 10.1 Å². The van der Waals surface area contributed by atoms with Crippen molar-refractivity contribution in [2.24, 2.45) is 0 Å². The van der Waals surface area contributed by atoms with Gasteiger partial charge in [-0.25, -0.2) is 0 Å². The van der Waals surface area contributed by atoms with Crippen LogP contribution in [-0.4, -0.2) is 30.4 Å². The van der Waals surface area contributed by atoms with Crippen molar-refractivity contribution in [3.05, 3.63) is 92.4 Å². The first-order chi connectivity index (χ1) is 14.8. The number of rotatable bonds is 7. The average Bonchev–Trinajstić information content (AvgIpc) is 2.73. The van der Waals surface area contributed by atoms with Crippen LogP contribution in [0.2, 0.25) is 10.0 Å². The summed E-state index contributed by atoms with van der Waals surface area (Å²) in [6, 6.07) is 19.7. The third-order valence-corrected chi connectivity index (χ3v) is 5.44. The Morgan fingerprint density at radius 2 is 1.71 bits per heavy atom. The molecule has 0 aromatic heterocycles. The maximum absolute atomic E-state index is 13.0. The second-order valence-corrected chi connectivity index (χ2v) is 8.43. The van der Waals surface area contributed by atoms with Crippen LogP contribution >= 0.6 is 39.1 Å². The molecule has 0 fully saturated rings. The maximum Gasteiger partial charge on any atom is 0.262 e. The van der Waals surface area contributed by atoms with E-state index in [2.05, 4.69) is 21.2 Å². The largest absolute Gasteiger partial charge is 0.481 e. The molecule has 0 bridgehead atoms. The molecule has 2 amide bonds. The molecule has 0 aliphatic carbocycles. The smallest absolute Gasteiger partial charge is 0.262 e. The molecule has 3 aromatic rings. The lowest BCUT2D eigenvalue weighted by atomic mass is 10.1. The van der Waals surface area contributed by atoms with E-state index in [1.165, 1.54) is 6.07 Å². The minimum atomic E-state index is -0.427. The van der Waals surface area contributed by atoms with E-state index in [-0.39, 0.29) is 17.5 Å². The molecule has 0 saturated carbocycles. The molecule has 31 heavy (non-hydrogen) atoms. The predicted octanol–water partition coefficient (Wildman–Crippen LogP) is 6.05. The number of ether oxygens (including phenoxy) is 1. The minimum absolute atomic E-state index is 0.204. The summed E-state index contributed by atoms with van der Waals surface area (Å²) in [6.07, 6.45) is 0. The number of benzene rings is 3. The highest BCUT2D eigenvalue weighted by Crippen LogP contribution is 2.36. The van der Waals surface area contributed by atoms with Crippen LogP contribution in [0.4, 0.5) is 5.69 Å². The van der Waals surface area contributed by atoms with E-state index >= 15 is 0 Å². The molecule has 0 saturated heterocycles. The zero-order chi connectivity index (χ0) is 22.4. The third-order valence-electron chi connectivity index (χ3n) is 4.35. The number of nitrogens with zero attached hydrogens (tertiary/aromatic N) is 1. The van der Waals surface area contributed by atoms with Gasteiger partial charge >= 0.3 is 0 Å². The van der Waals surface area contributed by atoms with E-state index < -0.39 is 5.91 Å². The average molecular weight is 522 g/mol. The van der Waals surface area contributed by atoms with Crippen molar-refractivity contribution in [3.8, 4) is 5.75 Å². The SMILES string of the molecule is CN(Cc1ccccc1)C(=O)c1ccccc1NC(=O)COc1c(Cl)cc(Cl)cc1Br. The predicted molar refractivity (Wildman–Crippen MR) is 127 cm³/mol. The number of carbonyl (C=O) groups excluding carboxylic acids is 2. The molecule has 0 atom stereocenters. The van der Waals surface area contributed by atoms with Gasteiger partial charge in [0.1, 0.15) is 0 Å². The lowest BCUT2D eigenvalue weighted by Crippen LogP contribution is -2.28. The highest BCUT2D eigenvalue weighted by Gasteiger charge is 2.18. The summed E-state index contributed by atoms with van der Waals surface area (Å²) in [5.41, 5.74) is 1.81. The van der Waals surface area contributed by atoms with Gasteiger partial charge in [0.05, 0.1) is 20.7 Å². The van der Waals surface area contributed by atoms with Gasteiger partial charge in [-0.3, -0.25) is 9.59 Å². The van der Waals surface area contributed by atoms with Crippen molar-refractivity contribution in [1.82, 2.24) is 4.90 Å². The number of nitrogens with one attached hydrogen (secondary N) is 1. The molecular weight excluding hydrogens is 503 g/mol. The van der Waals surface area contributed by atoms with E-state index in [0.29, 0.717) is 33.0 Å². The van der Waals surface area contributed by atoms with E-state index in [4.69, 9.17) is 27.9 Å². The van der Waals surface area contributed by atoms with Gasteiger partial charge in [-0.05, 0) is 45.8 Å². The number of carbonyl (C=O) groups is 2. The van der Waals surface area contributed by atoms with Crippen LogP contribution in [-0.2, 0) is 11.3 Å². The van der Waals surface area contributed by atoms with Gasteiger partial charge in [0, 0.05) is 18.6 Å². The molecule has 0 spiro atoms. The Bertz CT molecular complexity index is 1070. The summed E-state index contributed by atoms with van der Waals surface area (Å²) < 4.78 is 6.08. The van der Waals surface area contributed by atoms with E-state index in [0.717, 1.165) is 5.56 Å². The first-order valence-corrected chi connectivity index (χ1v) is 10.9. The standard InChI is InChI=1S/C23H19BrCl2N2O3/c1-28(13-15-7-3-2-4-8-15)23(30)17-9-5-6-10-20(17)27-21(29)14-31-22-18(24)11-16(25)12-19(22)26/h2-12H,13-14H2,1H3,(H,27,29). The Morgan fingerprint density at radius 3 is 2.42 bits per heavy atom. The van der Waals surface area contributed by atoms with Crippen LogP contribution in [0.5, 0.6) is 5.75 Å². The van der Waals surface area contributed by atoms with Crippen LogP contribution in [0.15, 0.2) is 71.2 Å². The lowest BCUT2D eigenvalue weighted by Gasteiger charge is -2.19. The Hall–Kier alpha value is -2.54. The van der Waals surface area contributed by atoms with Crippen LogP contribution in [0.1, 0.15) is 15.9 Å². The molecule has 0 aliphatic rings. The summed E-state index contributed by atoms with van der Waals surface area (Å²) in [6.45, 7) is 0.163. The molecule has 0 aliphatic heterocycles. The van der Waals surface area contributed by atoms with Crippen molar-refractivity contribution < 1.29 is 14.3 Å². The normalized spacial score (nSPS) is 10.5. The zero-order valence-electron chi connectivity index (χ0n) is 16.6. The Labute approximate surface area is 199 Å². The molecule has 0 radical (unpaired) electrons. The van der Waals surface area contributed by atoms with Crippen LogP contribution in [0.3, 0.4) is 0 Å². The van der Waals surface area contributed by atoms with E-state index in [1.54, 1.807) is 42.3 Å². The number of anilines is 1. The summed E-state index contributed by atoms with van der Waals surface area (Å²) in [5.74, 6) is -0.318. The van der Waals surface area contributed by atoms with E-state index in [9.17, 15) is 9.59 Å². The second kappa shape index (κ2) is 10.7. The van der Waals surface area contributed by atoms with Gasteiger partial charge in [0.15, 0.2) is 12.4 Å². The number of hydrogen-bond acceptors (Lipinski definition) is 3. The van der Waals surface area contributed by atoms with Gasteiger partial charge in [0.2, 0.25) is 0 Å². The minimum Gasteiger partial charge on any atom is -0.481 e.